The van der Waals surface area contributed by atoms with Crippen molar-refractivity contribution in [3.05, 3.63) is 59.5 Å². The zero-order valence-electron chi connectivity index (χ0n) is 14.8. The largest absolute Gasteiger partial charge is 0.346 e. The molecule has 27 heavy (non-hydrogen) atoms. The van der Waals surface area contributed by atoms with E-state index in [2.05, 4.69) is 15.4 Å². The first kappa shape index (κ1) is 17.6. The Labute approximate surface area is 156 Å². The predicted octanol–water partition coefficient (Wildman–Crippen LogP) is 1.14. The van der Waals surface area contributed by atoms with E-state index in [1.165, 1.54) is 10.6 Å². The lowest BCUT2D eigenvalue weighted by Crippen LogP contribution is -2.37. The van der Waals surface area contributed by atoms with Crippen molar-refractivity contribution in [2.45, 2.75) is 19.6 Å². The third-order valence-electron chi connectivity index (χ3n) is 4.59. The van der Waals surface area contributed by atoms with Crippen LogP contribution in [0.25, 0.3) is 10.9 Å². The van der Waals surface area contributed by atoms with Crippen molar-refractivity contribution in [3.63, 3.8) is 0 Å². The molecule has 0 aliphatic carbocycles. The number of nitrogens with zero attached hydrogens (tertiary/aromatic N) is 4. The second kappa shape index (κ2) is 6.75. The van der Waals surface area contributed by atoms with Crippen LogP contribution in [0.1, 0.15) is 21.7 Å². The number of benzene rings is 1. The zero-order chi connectivity index (χ0) is 19.0. The Morgan fingerprint density at radius 2 is 2.04 bits per heavy atom. The molecule has 0 bridgehead atoms. The first-order chi connectivity index (χ1) is 12.9. The van der Waals surface area contributed by atoms with E-state index in [4.69, 9.17) is 0 Å². The van der Waals surface area contributed by atoms with Gasteiger partial charge in [-0.2, -0.15) is 9.40 Å². The van der Waals surface area contributed by atoms with Crippen LogP contribution in [-0.4, -0.2) is 46.2 Å². The molecule has 1 aliphatic heterocycles. The van der Waals surface area contributed by atoms with E-state index in [1.807, 2.05) is 30.3 Å². The second-order valence-electron chi connectivity index (χ2n) is 6.51. The van der Waals surface area contributed by atoms with Crippen LogP contribution in [0.2, 0.25) is 0 Å². The molecule has 8 nitrogen and oxygen atoms in total. The van der Waals surface area contributed by atoms with Crippen molar-refractivity contribution in [2.24, 2.45) is 0 Å². The fourth-order valence-electron chi connectivity index (χ4n) is 3.22. The van der Waals surface area contributed by atoms with Crippen LogP contribution in [0, 0.1) is 0 Å². The fourth-order valence-corrected chi connectivity index (χ4v) is 4.00. The molecule has 0 radical (unpaired) electrons. The average Bonchev–Trinajstić information content (AvgIpc) is 3.07. The molecular formula is C18H19N5O3S. The van der Waals surface area contributed by atoms with Crippen LogP contribution in [0.4, 0.5) is 0 Å². The molecule has 3 heterocycles. The molecule has 2 aromatic heterocycles. The minimum absolute atomic E-state index is 0.219. The van der Waals surface area contributed by atoms with E-state index in [9.17, 15) is 13.2 Å². The summed E-state index contributed by atoms with van der Waals surface area (Å²) in [5.41, 5.74) is 2.69. The van der Waals surface area contributed by atoms with Gasteiger partial charge in [0.1, 0.15) is 0 Å². The Hall–Kier alpha value is -2.78. The number of sulfonamides is 1. The Balaban J connectivity index is 1.48. The van der Waals surface area contributed by atoms with Gasteiger partial charge in [-0.15, -0.1) is 0 Å². The number of para-hydroxylation sites is 1. The molecule has 1 amide bonds. The summed E-state index contributed by atoms with van der Waals surface area (Å²) in [6.07, 6.45) is 2.87. The molecule has 3 aromatic rings. The number of amides is 1. The van der Waals surface area contributed by atoms with Gasteiger partial charge in [0.15, 0.2) is 0 Å². The van der Waals surface area contributed by atoms with Gasteiger partial charge < -0.3 is 5.32 Å². The lowest BCUT2D eigenvalue weighted by Gasteiger charge is -2.25. The van der Waals surface area contributed by atoms with E-state index in [-0.39, 0.29) is 12.5 Å². The Morgan fingerprint density at radius 1 is 1.22 bits per heavy atom. The molecule has 1 aromatic carbocycles. The quantitative estimate of drug-likeness (QED) is 0.726. The molecule has 0 fully saturated rings. The van der Waals surface area contributed by atoms with Gasteiger partial charge in [0, 0.05) is 18.1 Å². The third kappa shape index (κ3) is 3.56. The summed E-state index contributed by atoms with van der Waals surface area (Å²) in [6, 6.07) is 11.1. The summed E-state index contributed by atoms with van der Waals surface area (Å²) >= 11 is 0. The van der Waals surface area contributed by atoms with Crippen LogP contribution in [0.3, 0.4) is 0 Å². The number of hydrogen-bond acceptors (Lipinski definition) is 5. The maximum Gasteiger partial charge on any atom is 0.253 e. The van der Waals surface area contributed by atoms with Crippen molar-refractivity contribution >= 4 is 26.8 Å². The van der Waals surface area contributed by atoms with Crippen LogP contribution in [-0.2, 0) is 29.7 Å². The summed E-state index contributed by atoms with van der Waals surface area (Å²) in [7, 11) is -3.23. The van der Waals surface area contributed by atoms with Gasteiger partial charge in [-0.3, -0.25) is 14.5 Å². The Bertz CT molecular complexity index is 1120. The summed E-state index contributed by atoms with van der Waals surface area (Å²) < 4.78 is 26.6. The number of fused-ring (bicyclic) bond motifs is 2. The highest BCUT2D eigenvalue weighted by atomic mass is 32.2. The predicted molar refractivity (Wildman–Crippen MR) is 100 cm³/mol. The van der Waals surface area contributed by atoms with Crippen LogP contribution < -0.4 is 5.32 Å². The average molecular weight is 385 g/mol. The van der Waals surface area contributed by atoms with Gasteiger partial charge in [-0.25, -0.2) is 8.42 Å². The minimum Gasteiger partial charge on any atom is -0.346 e. The van der Waals surface area contributed by atoms with Gasteiger partial charge in [0.25, 0.3) is 5.91 Å². The van der Waals surface area contributed by atoms with Crippen molar-refractivity contribution in [1.82, 2.24) is 24.4 Å². The van der Waals surface area contributed by atoms with Crippen LogP contribution in [0.5, 0.6) is 0 Å². The van der Waals surface area contributed by atoms with Gasteiger partial charge in [0.05, 0.1) is 48.4 Å². The topological polar surface area (TPSA) is 97.2 Å². The van der Waals surface area contributed by atoms with Gasteiger partial charge in [-0.05, 0) is 18.2 Å². The normalized spacial score (nSPS) is 14.9. The molecule has 1 N–H and O–H groups in total. The second-order valence-corrected chi connectivity index (χ2v) is 8.49. The number of aromatic nitrogens is 3. The van der Waals surface area contributed by atoms with Crippen molar-refractivity contribution in [2.75, 3.05) is 12.8 Å². The highest BCUT2D eigenvalue weighted by Crippen LogP contribution is 2.17. The minimum atomic E-state index is -3.23. The van der Waals surface area contributed by atoms with Crippen LogP contribution >= 0.6 is 0 Å². The highest BCUT2D eigenvalue weighted by Gasteiger charge is 2.24. The number of hydrogen-bond donors (Lipinski definition) is 1. The molecular weight excluding hydrogens is 366 g/mol. The molecule has 0 saturated heterocycles. The molecule has 140 valence electrons. The van der Waals surface area contributed by atoms with Gasteiger partial charge >= 0.3 is 0 Å². The summed E-state index contributed by atoms with van der Waals surface area (Å²) in [5.74, 6) is -0.219. The molecule has 1 aliphatic rings. The monoisotopic (exact) mass is 385 g/mol. The highest BCUT2D eigenvalue weighted by molar-refractivity contribution is 7.88. The first-order valence-electron chi connectivity index (χ1n) is 8.54. The zero-order valence-corrected chi connectivity index (χ0v) is 15.6. The molecule has 0 atom stereocenters. The van der Waals surface area contributed by atoms with Crippen molar-refractivity contribution < 1.29 is 13.2 Å². The number of nitrogens with one attached hydrogen (secondary N) is 1. The van der Waals surface area contributed by atoms with Crippen molar-refractivity contribution in [3.8, 4) is 0 Å². The fraction of sp³-hybridized carbons (Fsp3) is 0.278. The SMILES string of the molecule is CS(=O)(=O)N1CCn2nc(CNC(=O)c3cccc4cccnc34)cc2C1. The van der Waals surface area contributed by atoms with E-state index in [0.29, 0.717) is 36.4 Å². The number of pyridine rings is 1. The Kier molecular flexibility index (Phi) is 4.40. The maximum atomic E-state index is 12.6. The summed E-state index contributed by atoms with van der Waals surface area (Å²) in [5, 5.41) is 8.24. The number of carbonyl (C=O) groups excluding carboxylic acids is 1. The summed E-state index contributed by atoms with van der Waals surface area (Å²) in [4.78, 5) is 16.9. The van der Waals surface area contributed by atoms with Crippen molar-refractivity contribution in [1.29, 1.82) is 0 Å². The molecule has 4 rings (SSSR count). The Morgan fingerprint density at radius 3 is 2.85 bits per heavy atom. The molecule has 9 heteroatoms. The van der Waals surface area contributed by atoms with Gasteiger partial charge in [-0.1, -0.05) is 18.2 Å². The lowest BCUT2D eigenvalue weighted by atomic mass is 10.1. The van der Waals surface area contributed by atoms with E-state index >= 15 is 0 Å². The standard InChI is InChI=1S/C18H19N5O3S/c1-27(25,26)22-8-9-23-15(12-22)10-14(21-23)11-20-18(24)16-6-2-4-13-5-3-7-19-17(13)16/h2-7,10H,8-9,11-12H2,1H3,(H,20,24). The summed E-state index contributed by atoms with van der Waals surface area (Å²) in [6.45, 7) is 1.47. The first-order valence-corrected chi connectivity index (χ1v) is 10.4. The number of carbonyl (C=O) groups is 1. The lowest BCUT2D eigenvalue weighted by molar-refractivity contribution is 0.0952. The van der Waals surface area contributed by atoms with E-state index < -0.39 is 10.0 Å². The van der Waals surface area contributed by atoms with E-state index in [0.717, 1.165) is 11.1 Å². The van der Waals surface area contributed by atoms with Crippen LogP contribution in [0.15, 0.2) is 42.6 Å². The molecule has 0 unspecified atom stereocenters. The van der Waals surface area contributed by atoms with Gasteiger partial charge in [0.2, 0.25) is 10.0 Å². The molecule has 0 spiro atoms. The number of rotatable bonds is 4. The molecule has 0 saturated carbocycles. The third-order valence-corrected chi connectivity index (χ3v) is 5.84. The smallest absolute Gasteiger partial charge is 0.253 e. The maximum absolute atomic E-state index is 12.6. The van der Waals surface area contributed by atoms with E-state index in [1.54, 1.807) is 16.9 Å².